The highest BCUT2D eigenvalue weighted by atomic mass is 35.5. The van der Waals surface area contributed by atoms with Crippen LogP contribution in [0.25, 0.3) is 21.3 Å². The molecule has 0 bridgehead atoms. The fourth-order valence-electron chi connectivity index (χ4n) is 3.80. The number of fused-ring (bicyclic) bond motifs is 1. The van der Waals surface area contributed by atoms with Gasteiger partial charge in [-0.15, -0.1) is 21.5 Å². The summed E-state index contributed by atoms with van der Waals surface area (Å²) in [5, 5.41) is 11.8. The van der Waals surface area contributed by atoms with E-state index in [0.717, 1.165) is 26.2 Å². The molecule has 3 aromatic heterocycles. The Bertz CT molecular complexity index is 1690. The molecular weight excluding hydrogens is 516 g/mol. The first-order chi connectivity index (χ1) is 17.2. The zero-order chi connectivity index (χ0) is 25.4. The molecule has 0 fully saturated rings. The van der Waals surface area contributed by atoms with Gasteiger partial charge in [0.05, 0.1) is 10.3 Å². The molecule has 0 atom stereocenters. The number of aromatic nitrogens is 4. The highest BCUT2D eigenvalue weighted by molar-refractivity contribution is 7.92. The predicted octanol–water partition coefficient (Wildman–Crippen LogP) is 6.27. The van der Waals surface area contributed by atoms with Crippen molar-refractivity contribution in [2.24, 2.45) is 0 Å². The van der Waals surface area contributed by atoms with Crippen molar-refractivity contribution in [3.05, 3.63) is 82.1 Å². The zero-order valence-electron chi connectivity index (χ0n) is 19.6. The van der Waals surface area contributed by atoms with E-state index >= 15 is 0 Å². The van der Waals surface area contributed by atoms with Crippen LogP contribution in [0.2, 0.25) is 5.15 Å². The minimum atomic E-state index is -3.84. The quantitative estimate of drug-likeness (QED) is 0.263. The van der Waals surface area contributed by atoms with Crippen LogP contribution in [0, 0.1) is 20.8 Å². The van der Waals surface area contributed by atoms with E-state index in [-0.39, 0.29) is 15.9 Å². The molecule has 0 radical (unpaired) electrons. The molecule has 8 nitrogen and oxygen atoms in total. The lowest BCUT2D eigenvalue weighted by molar-refractivity contribution is 0.601. The molecule has 0 unspecified atom stereocenters. The Morgan fingerprint density at radius 3 is 2.36 bits per heavy atom. The van der Waals surface area contributed by atoms with Gasteiger partial charge in [-0.3, -0.25) is 4.72 Å². The van der Waals surface area contributed by atoms with Crippen LogP contribution < -0.4 is 10.0 Å². The average Bonchev–Trinajstić information content (AvgIpc) is 3.19. The number of halogens is 1. The summed E-state index contributed by atoms with van der Waals surface area (Å²) >= 11 is 7.33. The minimum Gasteiger partial charge on any atom is -0.340 e. The first-order valence-electron chi connectivity index (χ1n) is 10.9. The predicted molar refractivity (Wildman–Crippen MR) is 145 cm³/mol. The van der Waals surface area contributed by atoms with E-state index in [1.807, 2.05) is 0 Å². The zero-order valence-corrected chi connectivity index (χ0v) is 22.0. The number of hydrogen-bond acceptors (Lipinski definition) is 8. The molecule has 5 rings (SSSR count). The van der Waals surface area contributed by atoms with Gasteiger partial charge in [-0.2, -0.15) is 0 Å². The molecule has 2 N–H and O–H groups in total. The fraction of sp³-hybridized carbons (Fsp3) is 0.120. The number of nitrogens with zero attached hydrogens (tertiary/aromatic N) is 4. The number of hydrogen-bond donors (Lipinski definition) is 2. The maximum absolute atomic E-state index is 12.7. The van der Waals surface area contributed by atoms with Crippen molar-refractivity contribution in [3.8, 4) is 11.1 Å². The molecule has 36 heavy (non-hydrogen) atoms. The second kappa shape index (κ2) is 9.45. The van der Waals surface area contributed by atoms with Crippen LogP contribution in [0.5, 0.6) is 0 Å². The Labute approximate surface area is 217 Å². The van der Waals surface area contributed by atoms with Crippen LogP contribution in [0.15, 0.2) is 65.8 Å². The first-order valence-corrected chi connectivity index (χ1v) is 13.6. The molecule has 0 saturated carbocycles. The Morgan fingerprint density at radius 2 is 1.67 bits per heavy atom. The van der Waals surface area contributed by atoms with Crippen molar-refractivity contribution in [3.63, 3.8) is 0 Å². The Hall–Kier alpha value is -3.60. The van der Waals surface area contributed by atoms with Gasteiger partial charge in [-0.05, 0) is 73.9 Å². The number of thiophene rings is 1. The fourth-order valence-corrected chi connectivity index (χ4v) is 5.91. The number of rotatable bonds is 6. The van der Waals surface area contributed by atoms with Crippen molar-refractivity contribution < 1.29 is 8.42 Å². The maximum atomic E-state index is 12.7. The van der Waals surface area contributed by atoms with Crippen molar-refractivity contribution in [1.82, 2.24) is 20.2 Å². The molecule has 0 spiro atoms. The maximum Gasteiger partial charge on any atom is 0.263 e. The lowest BCUT2D eigenvalue weighted by Crippen LogP contribution is -2.14. The molecular formula is C25H21ClN6O2S2. The van der Waals surface area contributed by atoms with E-state index in [1.165, 1.54) is 41.7 Å². The van der Waals surface area contributed by atoms with E-state index in [1.54, 1.807) is 23.5 Å². The normalized spacial score (nSPS) is 11.6. The third-order valence-electron chi connectivity index (χ3n) is 5.76. The SMILES string of the molecule is Cc1ccc(-c2c(C)sc3ncnc(Nc4ccc(S(=O)(=O)Nc5ccc(Cl)nn5)cc4)c23)cc1C. The van der Waals surface area contributed by atoms with Crippen LogP contribution >= 0.6 is 22.9 Å². The van der Waals surface area contributed by atoms with Crippen molar-refractivity contribution in [2.45, 2.75) is 25.7 Å². The molecule has 0 aliphatic heterocycles. The van der Waals surface area contributed by atoms with Crippen molar-refractivity contribution >= 4 is 60.5 Å². The summed E-state index contributed by atoms with van der Waals surface area (Å²) in [6.45, 7) is 6.27. The van der Waals surface area contributed by atoms with Gasteiger partial charge in [0.1, 0.15) is 17.0 Å². The smallest absolute Gasteiger partial charge is 0.263 e. The Balaban J connectivity index is 1.46. The summed E-state index contributed by atoms with van der Waals surface area (Å²) in [5.41, 5.74) is 5.34. The first kappa shape index (κ1) is 24.1. The van der Waals surface area contributed by atoms with E-state index < -0.39 is 10.0 Å². The van der Waals surface area contributed by atoms with Gasteiger partial charge in [0, 0.05) is 16.1 Å². The molecule has 11 heteroatoms. The molecule has 0 saturated heterocycles. The number of benzene rings is 2. The summed E-state index contributed by atoms with van der Waals surface area (Å²) in [5.74, 6) is 0.736. The van der Waals surface area contributed by atoms with Crippen LogP contribution in [0.3, 0.4) is 0 Å². The van der Waals surface area contributed by atoms with Gasteiger partial charge in [-0.25, -0.2) is 18.4 Å². The van der Waals surface area contributed by atoms with Crippen LogP contribution in [0.1, 0.15) is 16.0 Å². The lowest BCUT2D eigenvalue weighted by Gasteiger charge is -2.11. The average molecular weight is 537 g/mol. The van der Waals surface area contributed by atoms with Crippen LogP contribution in [-0.4, -0.2) is 28.6 Å². The number of nitrogens with one attached hydrogen (secondary N) is 2. The third kappa shape index (κ3) is 4.75. The molecule has 0 amide bonds. The summed E-state index contributed by atoms with van der Waals surface area (Å²) in [6.07, 6.45) is 1.53. The largest absolute Gasteiger partial charge is 0.340 e. The lowest BCUT2D eigenvalue weighted by atomic mass is 9.99. The Morgan fingerprint density at radius 1 is 0.889 bits per heavy atom. The van der Waals surface area contributed by atoms with E-state index in [9.17, 15) is 8.42 Å². The number of sulfonamides is 1. The second-order valence-electron chi connectivity index (χ2n) is 8.23. The number of anilines is 3. The van der Waals surface area contributed by atoms with E-state index in [2.05, 4.69) is 69.2 Å². The monoisotopic (exact) mass is 536 g/mol. The van der Waals surface area contributed by atoms with Gasteiger partial charge < -0.3 is 5.32 Å². The molecule has 2 aromatic carbocycles. The highest BCUT2D eigenvalue weighted by Crippen LogP contribution is 2.41. The van der Waals surface area contributed by atoms with Gasteiger partial charge in [-0.1, -0.05) is 29.8 Å². The topological polar surface area (TPSA) is 110 Å². The van der Waals surface area contributed by atoms with E-state index in [0.29, 0.717) is 11.5 Å². The molecule has 5 aromatic rings. The summed E-state index contributed by atoms with van der Waals surface area (Å²) in [6, 6.07) is 15.7. The second-order valence-corrected chi connectivity index (χ2v) is 11.5. The highest BCUT2D eigenvalue weighted by Gasteiger charge is 2.18. The van der Waals surface area contributed by atoms with Crippen molar-refractivity contribution in [1.29, 1.82) is 0 Å². The molecule has 182 valence electrons. The van der Waals surface area contributed by atoms with Gasteiger partial charge in [0.25, 0.3) is 10.0 Å². The van der Waals surface area contributed by atoms with Crippen LogP contribution in [0.4, 0.5) is 17.3 Å². The summed E-state index contributed by atoms with van der Waals surface area (Å²) in [4.78, 5) is 11.1. The minimum absolute atomic E-state index is 0.0803. The third-order valence-corrected chi connectivity index (χ3v) is 8.34. The molecule has 3 heterocycles. The Kier molecular flexibility index (Phi) is 6.33. The van der Waals surface area contributed by atoms with Gasteiger partial charge in [0.2, 0.25) is 0 Å². The standard InChI is InChI=1S/C25H21ClN6O2S2/c1-14-4-5-17(12-15(14)2)22-16(3)35-25-23(22)24(27-13-28-25)29-18-6-8-19(9-7-18)36(33,34)32-21-11-10-20(26)30-31-21/h4-13H,1-3H3,(H,31,32)(H,27,28,29). The summed E-state index contributed by atoms with van der Waals surface area (Å²) in [7, 11) is -3.84. The molecule has 0 aliphatic rings. The molecule has 0 aliphatic carbocycles. The van der Waals surface area contributed by atoms with E-state index in [4.69, 9.17) is 11.6 Å². The van der Waals surface area contributed by atoms with Crippen LogP contribution in [-0.2, 0) is 10.0 Å². The number of aryl methyl sites for hydroxylation is 3. The van der Waals surface area contributed by atoms with Gasteiger partial charge in [0.15, 0.2) is 11.0 Å². The van der Waals surface area contributed by atoms with Gasteiger partial charge >= 0.3 is 0 Å². The summed E-state index contributed by atoms with van der Waals surface area (Å²) < 4.78 is 27.9. The van der Waals surface area contributed by atoms with Crippen molar-refractivity contribution in [2.75, 3.05) is 10.0 Å².